The molecule has 1 N–H and O–H groups in total. The molecule has 264 valence electrons. The van der Waals surface area contributed by atoms with E-state index in [4.69, 9.17) is 4.74 Å². The number of benzene rings is 2. The van der Waals surface area contributed by atoms with Gasteiger partial charge in [0.1, 0.15) is 17.6 Å². The molecule has 15 heteroatoms. The highest BCUT2D eigenvalue weighted by Crippen LogP contribution is 2.30. The average Bonchev–Trinajstić information content (AvgIpc) is 3.79. The van der Waals surface area contributed by atoms with Gasteiger partial charge < -0.3 is 15.0 Å². The standard InChI is InChI=1S/C19H17F3N6O2.C16H22N2O2/c1-2-26-17-12(11-23-28(17)13-6-4-3-5-7-13)10-15(18(26)30)24-16(29)14-8-9-27(25-14)19(20,21)22;1-14(12-18-8-10-20-11-9-18)16(19)17(2)13-15-6-4-3-5-7-15/h3-9,11,15H,2,10H2,1H3,(H,24,29);3-7H,1,8-13H2,2H3. The Hall–Kier alpha value is -5.28. The van der Waals surface area contributed by atoms with Crippen LogP contribution in [0.1, 0.15) is 28.5 Å². The maximum absolute atomic E-state index is 13.0. The zero-order valence-electron chi connectivity index (χ0n) is 27.8. The number of aromatic nitrogens is 4. The Kier molecular flexibility index (Phi) is 11.5. The highest BCUT2D eigenvalue weighted by molar-refractivity contribution is 6.03. The van der Waals surface area contributed by atoms with Gasteiger partial charge in [-0.1, -0.05) is 55.1 Å². The van der Waals surface area contributed by atoms with E-state index < -0.39 is 23.9 Å². The molecule has 2 aromatic carbocycles. The second-order valence-electron chi connectivity index (χ2n) is 11.8. The lowest BCUT2D eigenvalue weighted by atomic mass is 10.0. The summed E-state index contributed by atoms with van der Waals surface area (Å²) in [5.41, 5.74) is 2.87. The van der Waals surface area contributed by atoms with Crippen molar-refractivity contribution in [1.82, 2.24) is 34.7 Å². The molecule has 2 aliphatic rings. The maximum atomic E-state index is 13.0. The average molecular weight is 693 g/mol. The fourth-order valence-electron chi connectivity index (χ4n) is 5.70. The van der Waals surface area contributed by atoms with E-state index in [-0.39, 0.29) is 22.9 Å². The number of morpholine rings is 1. The van der Waals surface area contributed by atoms with E-state index in [2.05, 4.69) is 27.0 Å². The normalized spacial score (nSPS) is 16.2. The van der Waals surface area contributed by atoms with Crippen LogP contribution in [0.2, 0.25) is 0 Å². The van der Waals surface area contributed by atoms with Crippen molar-refractivity contribution in [2.75, 3.05) is 51.3 Å². The minimum absolute atomic E-state index is 0.0142. The number of carbonyl (C=O) groups is 3. The van der Waals surface area contributed by atoms with Gasteiger partial charge in [-0.25, -0.2) is 4.68 Å². The topological polar surface area (TPSA) is 118 Å². The Labute approximate surface area is 287 Å². The number of anilines is 1. The number of carbonyl (C=O) groups excluding carboxylic acids is 3. The van der Waals surface area contributed by atoms with Crippen LogP contribution in [-0.2, 0) is 33.6 Å². The van der Waals surface area contributed by atoms with E-state index in [0.29, 0.717) is 37.2 Å². The van der Waals surface area contributed by atoms with E-state index in [1.807, 2.05) is 67.7 Å². The number of nitrogens with one attached hydrogen (secondary N) is 1. The second kappa shape index (κ2) is 16.0. The number of amides is 3. The zero-order valence-corrected chi connectivity index (χ0v) is 27.8. The molecule has 2 aromatic heterocycles. The van der Waals surface area contributed by atoms with Crippen molar-refractivity contribution in [3.8, 4) is 5.69 Å². The summed E-state index contributed by atoms with van der Waals surface area (Å²) < 4.78 is 44.8. The summed E-state index contributed by atoms with van der Waals surface area (Å²) in [7, 11) is 1.82. The van der Waals surface area contributed by atoms with Crippen molar-refractivity contribution in [3.63, 3.8) is 0 Å². The van der Waals surface area contributed by atoms with Crippen molar-refractivity contribution in [2.45, 2.75) is 32.2 Å². The first-order valence-electron chi connectivity index (χ1n) is 16.1. The minimum atomic E-state index is -4.72. The molecular formula is C35H39F3N8O4. The van der Waals surface area contributed by atoms with Gasteiger partial charge in [0.15, 0.2) is 0 Å². The van der Waals surface area contributed by atoms with Crippen LogP contribution in [0.4, 0.5) is 19.0 Å². The molecule has 1 unspecified atom stereocenters. The number of rotatable bonds is 9. The highest BCUT2D eigenvalue weighted by atomic mass is 19.4. The summed E-state index contributed by atoms with van der Waals surface area (Å²) >= 11 is 0. The van der Waals surface area contributed by atoms with E-state index in [1.165, 1.54) is 4.90 Å². The van der Waals surface area contributed by atoms with Gasteiger partial charge in [-0.3, -0.25) is 24.2 Å². The number of likely N-dealkylation sites (N-methyl/N-ethyl adjacent to an activating group) is 2. The zero-order chi connectivity index (χ0) is 35.8. The van der Waals surface area contributed by atoms with Crippen molar-refractivity contribution in [1.29, 1.82) is 0 Å². The molecule has 4 aromatic rings. The Morgan fingerprint density at radius 3 is 2.32 bits per heavy atom. The summed E-state index contributed by atoms with van der Waals surface area (Å²) in [4.78, 5) is 43.1. The smallest absolute Gasteiger partial charge is 0.379 e. The van der Waals surface area contributed by atoms with E-state index >= 15 is 0 Å². The molecule has 0 aliphatic carbocycles. The number of para-hydroxylation sites is 1. The van der Waals surface area contributed by atoms with Gasteiger partial charge in [-0.05, 0) is 30.7 Å². The van der Waals surface area contributed by atoms with Crippen LogP contribution in [0.5, 0.6) is 0 Å². The van der Waals surface area contributed by atoms with Crippen LogP contribution in [0.3, 0.4) is 0 Å². The molecule has 50 heavy (non-hydrogen) atoms. The molecule has 0 spiro atoms. The van der Waals surface area contributed by atoms with E-state index in [1.54, 1.807) is 22.7 Å². The van der Waals surface area contributed by atoms with Crippen molar-refractivity contribution in [2.24, 2.45) is 0 Å². The lowest BCUT2D eigenvalue weighted by Gasteiger charge is -2.32. The van der Waals surface area contributed by atoms with Gasteiger partial charge in [-0.15, -0.1) is 13.2 Å². The molecule has 0 saturated carbocycles. The number of hydrogen-bond donors (Lipinski definition) is 1. The van der Waals surface area contributed by atoms with E-state index in [0.717, 1.165) is 49.2 Å². The third-order valence-electron chi connectivity index (χ3n) is 8.19. The van der Waals surface area contributed by atoms with Gasteiger partial charge in [0.2, 0.25) is 0 Å². The molecule has 1 atom stereocenters. The molecule has 12 nitrogen and oxygen atoms in total. The first-order valence-corrected chi connectivity index (χ1v) is 16.1. The van der Waals surface area contributed by atoms with Crippen molar-refractivity contribution in [3.05, 3.63) is 108 Å². The predicted molar refractivity (Wildman–Crippen MR) is 179 cm³/mol. The van der Waals surface area contributed by atoms with Gasteiger partial charge in [0.05, 0.1) is 25.1 Å². The molecule has 0 radical (unpaired) electrons. The summed E-state index contributed by atoms with van der Waals surface area (Å²) in [5.74, 6) is -0.599. The van der Waals surface area contributed by atoms with Crippen LogP contribution in [0.25, 0.3) is 5.69 Å². The fraction of sp³-hybridized carbons (Fsp3) is 0.343. The SMILES string of the molecule is C=C(CN1CCOCC1)C(=O)N(C)Cc1ccccc1.CCN1C(=O)C(NC(=O)c2ccn(C(F)(F)F)n2)Cc2cnn(-c3ccccc3)c21. The van der Waals surface area contributed by atoms with Crippen LogP contribution in [0.15, 0.2) is 91.3 Å². The molecule has 1 saturated heterocycles. The number of alkyl halides is 3. The first-order chi connectivity index (χ1) is 24.0. The van der Waals surface area contributed by atoms with Gasteiger partial charge >= 0.3 is 6.30 Å². The van der Waals surface area contributed by atoms with Crippen LogP contribution in [0, 0.1) is 0 Å². The van der Waals surface area contributed by atoms with Crippen LogP contribution >= 0.6 is 0 Å². The largest absolute Gasteiger partial charge is 0.504 e. The summed E-state index contributed by atoms with van der Waals surface area (Å²) in [6, 6.07) is 19.3. The van der Waals surface area contributed by atoms with Gasteiger partial charge in [0.25, 0.3) is 17.7 Å². The number of nitrogens with zero attached hydrogens (tertiary/aromatic N) is 7. The third-order valence-corrected chi connectivity index (χ3v) is 8.19. The maximum Gasteiger partial charge on any atom is 0.504 e. The first kappa shape index (κ1) is 36.0. The fourth-order valence-corrected chi connectivity index (χ4v) is 5.70. The molecule has 4 heterocycles. The summed E-state index contributed by atoms with van der Waals surface area (Å²) in [5, 5.41) is 10.1. The lowest BCUT2D eigenvalue weighted by molar-refractivity contribution is -0.212. The minimum Gasteiger partial charge on any atom is -0.379 e. The van der Waals surface area contributed by atoms with Crippen LogP contribution < -0.4 is 10.2 Å². The van der Waals surface area contributed by atoms with Gasteiger partial charge in [0, 0.05) is 63.5 Å². The Bertz CT molecular complexity index is 1790. The predicted octanol–water partition coefficient (Wildman–Crippen LogP) is 3.79. The van der Waals surface area contributed by atoms with E-state index in [9.17, 15) is 27.6 Å². The quantitative estimate of drug-likeness (QED) is 0.266. The number of hydrogen-bond acceptors (Lipinski definition) is 7. The van der Waals surface area contributed by atoms with Crippen molar-refractivity contribution < 1.29 is 32.3 Å². The molecule has 1 fully saturated rings. The second-order valence-corrected chi connectivity index (χ2v) is 11.8. The molecule has 6 rings (SSSR count). The van der Waals surface area contributed by atoms with Crippen LogP contribution in [-0.4, -0.2) is 99.6 Å². The highest BCUT2D eigenvalue weighted by Gasteiger charge is 2.37. The Morgan fingerprint density at radius 2 is 1.70 bits per heavy atom. The van der Waals surface area contributed by atoms with Crippen molar-refractivity contribution >= 4 is 23.5 Å². The Morgan fingerprint density at radius 1 is 1.04 bits per heavy atom. The number of halogens is 3. The summed E-state index contributed by atoms with van der Waals surface area (Å²) in [6.45, 7) is 10.5. The number of fused-ring (bicyclic) bond motifs is 1. The molecule has 2 aliphatic heterocycles. The Balaban J connectivity index is 0.000000211. The third kappa shape index (κ3) is 8.65. The number of ether oxygens (including phenoxy) is 1. The molecule has 3 amide bonds. The summed E-state index contributed by atoms with van der Waals surface area (Å²) in [6.07, 6.45) is -2.28. The molecule has 0 bridgehead atoms. The van der Waals surface area contributed by atoms with Gasteiger partial charge in [-0.2, -0.15) is 14.9 Å². The monoisotopic (exact) mass is 692 g/mol. The molecular weight excluding hydrogens is 653 g/mol. The lowest BCUT2D eigenvalue weighted by Crippen LogP contribution is -2.53.